The van der Waals surface area contributed by atoms with Crippen molar-refractivity contribution in [3.05, 3.63) is 29.3 Å². The minimum absolute atomic E-state index is 0.0862. The van der Waals surface area contributed by atoms with Crippen molar-refractivity contribution in [1.82, 2.24) is 0 Å². The summed E-state index contributed by atoms with van der Waals surface area (Å²) in [5, 5.41) is 0. The summed E-state index contributed by atoms with van der Waals surface area (Å²) in [6.45, 7) is 0.470. The molecular weight excluding hydrogens is 168 g/mol. The average Bonchev–Trinajstić information content (AvgIpc) is 2.47. The first-order valence-corrected chi connectivity index (χ1v) is 4.00. The van der Waals surface area contributed by atoms with E-state index in [1.165, 1.54) is 0 Å². The van der Waals surface area contributed by atoms with Crippen LogP contribution >= 0.6 is 0 Å². The van der Waals surface area contributed by atoms with Crippen molar-refractivity contribution in [3.63, 3.8) is 0 Å². The molecule has 1 aromatic carbocycles. The summed E-state index contributed by atoms with van der Waals surface area (Å²) in [5.41, 5.74) is 12.2. The first-order chi connectivity index (χ1) is 6.18. The lowest BCUT2D eigenvalue weighted by Crippen LogP contribution is -2.11. The molecule has 1 aliphatic rings. The molecule has 4 nitrogen and oxygen atoms in total. The molecule has 1 aliphatic heterocycles. The van der Waals surface area contributed by atoms with Gasteiger partial charge in [0.2, 0.25) is 5.91 Å². The number of hydrogen-bond donors (Lipinski definition) is 2. The van der Waals surface area contributed by atoms with Gasteiger partial charge < -0.3 is 16.2 Å². The highest BCUT2D eigenvalue weighted by atomic mass is 16.5. The maximum atomic E-state index is 10.8. The molecule has 0 saturated heterocycles. The van der Waals surface area contributed by atoms with Crippen LogP contribution in [0.5, 0.6) is 5.75 Å². The first-order valence-electron chi connectivity index (χ1n) is 4.00. The molecule has 13 heavy (non-hydrogen) atoms. The molecular formula is C9H10N2O2. The Bertz CT molecular complexity index is 363. The number of fused-ring (bicyclic) bond motifs is 1. The Kier molecular flexibility index (Phi) is 1.70. The van der Waals surface area contributed by atoms with E-state index in [1.807, 2.05) is 0 Å². The van der Waals surface area contributed by atoms with Gasteiger partial charge in [0.05, 0.1) is 6.04 Å². The molecule has 1 heterocycles. The van der Waals surface area contributed by atoms with E-state index in [4.69, 9.17) is 16.2 Å². The molecule has 1 atom stereocenters. The van der Waals surface area contributed by atoms with Crippen LogP contribution in [0.2, 0.25) is 0 Å². The lowest BCUT2D eigenvalue weighted by atomic mass is 10.1. The second-order valence-electron chi connectivity index (χ2n) is 3.03. The summed E-state index contributed by atoms with van der Waals surface area (Å²) >= 11 is 0. The number of rotatable bonds is 1. The fourth-order valence-corrected chi connectivity index (χ4v) is 1.39. The molecule has 0 unspecified atom stereocenters. The van der Waals surface area contributed by atoms with Crippen molar-refractivity contribution >= 4 is 5.91 Å². The van der Waals surface area contributed by atoms with Crippen LogP contribution in [0.3, 0.4) is 0 Å². The average molecular weight is 178 g/mol. The predicted molar refractivity (Wildman–Crippen MR) is 47.4 cm³/mol. The fourth-order valence-electron chi connectivity index (χ4n) is 1.39. The third kappa shape index (κ3) is 1.25. The molecule has 1 amide bonds. The van der Waals surface area contributed by atoms with Crippen LogP contribution in [0.25, 0.3) is 0 Å². The van der Waals surface area contributed by atoms with E-state index in [-0.39, 0.29) is 6.04 Å². The highest BCUT2D eigenvalue weighted by Gasteiger charge is 2.21. The summed E-state index contributed by atoms with van der Waals surface area (Å²) < 4.78 is 5.27. The van der Waals surface area contributed by atoms with E-state index < -0.39 is 5.91 Å². The Morgan fingerprint density at radius 2 is 2.31 bits per heavy atom. The molecule has 4 N–H and O–H groups in total. The smallest absolute Gasteiger partial charge is 0.248 e. The molecule has 0 bridgehead atoms. The van der Waals surface area contributed by atoms with Crippen molar-refractivity contribution in [1.29, 1.82) is 0 Å². The van der Waals surface area contributed by atoms with Crippen molar-refractivity contribution in [2.24, 2.45) is 11.5 Å². The van der Waals surface area contributed by atoms with Gasteiger partial charge in [0.25, 0.3) is 0 Å². The molecule has 68 valence electrons. The van der Waals surface area contributed by atoms with Crippen LogP contribution in [-0.4, -0.2) is 12.5 Å². The fraction of sp³-hybridized carbons (Fsp3) is 0.222. The molecule has 0 fully saturated rings. The summed E-state index contributed by atoms with van der Waals surface area (Å²) in [4.78, 5) is 10.8. The second-order valence-corrected chi connectivity index (χ2v) is 3.03. The van der Waals surface area contributed by atoms with Gasteiger partial charge in [0.1, 0.15) is 12.4 Å². The van der Waals surface area contributed by atoms with Crippen molar-refractivity contribution in [2.45, 2.75) is 6.04 Å². The molecule has 0 aliphatic carbocycles. The van der Waals surface area contributed by atoms with E-state index in [1.54, 1.807) is 18.2 Å². The Balaban J connectivity index is 2.45. The quantitative estimate of drug-likeness (QED) is 0.643. The number of nitrogens with two attached hydrogens (primary N) is 2. The number of carbonyl (C=O) groups excluding carboxylic acids is 1. The second kappa shape index (κ2) is 2.74. The number of carbonyl (C=O) groups is 1. The van der Waals surface area contributed by atoms with Crippen molar-refractivity contribution < 1.29 is 9.53 Å². The highest BCUT2D eigenvalue weighted by molar-refractivity contribution is 5.93. The van der Waals surface area contributed by atoms with Gasteiger partial charge in [-0.3, -0.25) is 4.79 Å². The number of benzene rings is 1. The lowest BCUT2D eigenvalue weighted by Gasteiger charge is -2.01. The molecule has 1 aromatic rings. The van der Waals surface area contributed by atoms with E-state index in [0.29, 0.717) is 17.9 Å². The summed E-state index contributed by atoms with van der Waals surface area (Å²) in [5.74, 6) is 0.218. The third-order valence-corrected chi connectivity index (χ3v) is 2.12. The van der Waals surface area contributed by atoms with Crippen LogP contribution in [0.4, 0.5) is 0 Å². The van der Waals surface area contributed by atoms with E-state index >= 15 is 0 Å². The summed E-state index contributed by atoms with van der Waals surface area (Å²) in [6, 6.07) is 4.99. The Morgan fingerprint density at radius 1 is 1.54 bits per heavy atom. The van der Waals surface area contributed by atoms with Crippen LogP contribution in [0.1, 0.15) is 22.0 Å². The van der Waals surface area contributed by atoms with Crippen LogP contribution in [0.15, 0.2) is 18.2 Å². The lowest BCUT2D eigenvalue weighted by molar-refractivity contribution is 0.1000. The predicted octanol–water partition coefficient (Wildman–Crippen LogP) is 0.178. The molecule has 4 heteroatoms. The van der Waals surface area contributed by atoms with Crippen LogP contribution in [-0.2, 0) is 0 Å². The molecule has 0 radical (unpaired) electrons. The third-order valence-electron chi connectivity index (χ3n) is 2.12. The minimum Gasteiger partial charge on any atom is -0.491 e. The monoisotopic (exact) mass is 178 g/mol. The van der Waals surface area contributed by atoms with Gasteiger partial charge in [0.15, 0.2) is 0 Å². The van der Waals surface area contributed by atoms with E-state index in [2.05, 4.69) is 0 Å². The Labute approximate surface area is 75.5 Å². The Morgan fingerprint density at radius 3 is 3.00 bits per heavy atom. The standard InChI is InChI=1S/C9H10N2O2/c10-7-4-13-8-3-5(9(11)12)1-2-6(7)8/h1-3,7H,4,10H2,(H2,11,12)/t7-/m0/s1. The number of amides is 1. The minimum atomic E-state index is -0.452. The largest absolute Gasteiger partial charge is 0.491 e. The van der Waals surface area contributed by atoms with Crippen LogP contribution in [0, 0.1) is 0 Å². The zero-order chi connectivity index (χ0) is 9.42. The number of ether oxygens (including phenoxy) is 1. The molecule has 0 aromatic heterocycles. The summed E-state index contributed by atoms with van der Waals surface area (Å²) in [7, 11) is 0. The van der Waals surface area contributed by atoms with Gasteiger partial charge in [-0.2, -0.15) is 0 Å². The van der Waals surface area contributed by atoms with Gasteiger partial charge in [0, 0.05) is 11.1 Å². The van der Waals surface area contributed by atoms with Gasteiger partial charge in [-0.25, -0.2) is 0 Å². The van der Waals surface area contributed by atoms with Crippen molar-refractivity contribution in [3.8, 4) is 5.75 Å². The van der Waals surface area contributed by atoms with Gasteiger partial charge in [-0.15, -0.1) is 0 Å². The highest BCUT2D eigenvalue weighted by Crippen LogP contribution is 2.31. The maximum Gasteiger partial charge on any atom is 0.248 e. The molecule has 2 rings (SSSR count). The first kappa shape index (κ1) is 8.07. The van der Waals surface area contributed by atoms with Crippen molar-refractivity contribution in [2.75, 3.05) is 6.61 Å². The molecule has 0 spiro atoms. The van der Waals surface area contributed by atoms with Gasteiger partial charge in [-0.1, -0.05) is 6.07 Å². The zero-order valence-corrected chi connectivity index (χ0v) is 6.99. The topological polar surface area (TPSA) is 78.3 Å². The van der Waals surface area contributed by atoms with Gasteiger partial charge >= 0.3 is 0 Å². The normalized spacial score (nSPS) is 19.3. The number of hydrogen-bond acceptors (Lipinski definition) is 3. The SMILES string of the molecule is NC(=O)c1ccc2c(c1)OC[C@@H]2N. The summed E-state index contributed by atoms with van der Waals surface area (Å²) in [6.07, 6.45) is 0. The zero-order valence-electron chi connectivity index (χ0n) is 6.99. The van der Waals surface area contributed by atoms with Crippen LogP contribution < -0.4 is 16.2 Å². The molecule has 0 saturated carbocycles. The van der Waals surface area contributed by atoms with E-state index in [0.717, 1.165) is 5.56 Å². The van der Waals surface area contributed by atoms with Gasteiger partial charge in [-0.05, 0) is 12.1 Å². The number of primary amides is 1. The maximum absolute atomic E-state index is 10.8. The van der Waals surface area contributed by atoms with E-state index in [9.17, 15) is 4.79 Å². The Hall–Kier alpha value is -1.55.